The van der Waals surface area contributed by atoms with Crippen LogP contribution in [0.3, 0.4) is 0 Å². The maximum Gasteiger partial charge on any atom is 0.325 e. The first-order valence-corrected chi connectivity index (χ1v) is 9.47. The Bertz CT molecular complexity index is 841. The number of esters is 1. The molecule has 1 aliphatic rings. The lowest BCUT2D eigenvalue weighted by atomic mass is 10.2. The molecule has 0 saturated carbocycles. The maximum absolute atomic E-state index is 12.9. The monoisotopic (exact) mass is 384 g/mol. The fourth-order valence-corrected chi connectivity index (χ4v) is 3.75. The summed E-state index contributed by atoms with van der Waals surface area (Å²) >= 11 is 1.46. The SMILES string of the molecule is COC(=O)CN(Cc1ccccc1)C(=O)CN1C(=O)CSc2ccccc21. The zero-order chi connectivity index (χ0) is 19.2. The fourth-order valence-electron chi connectivity index (χ4n) is 2.82. The summed E-state index contributed by atoms with van der Waals surface area (Å²) < 4.78 is 4.72. The number of fused-ring (bicyclic) bond motifs is 1. The third-order valence-corrected chi connectivity index (χ3v) is 5.27. The minimum Gasteiger partial charge on any atom is -0.468 e. The molecule has 0 atom stereocenters. The number of anilines is 1. The van der Waals surface area contributed by atoms with Crippen molar-refractivity contribution in [2.75, 3.05) is 30.9 Å². The van der Waals surface area contributed by atoms with E-state index in [-0.39, 0.29) is 31.4 Å². The summed E-state index contributed by atoms with van der Waals surface area (Å²) in [5, 5.41) is 0. The second-order valence-electron chi connectivity index (χ2n) is 6.05. The highest BCUT2D eigenvalue weighted by molar-refractivity contribution is 8.00. The number of benzene rings is 2. The van der Waals surface area contributed by atoms with Crippen molar-refractivity contribution in [1.29, 1.82) is 0 Å². The molecule has 0 saturated heterocycles. The molecule has 0 aliphatic carbocycles. The van der Waals surface area contributed by atoms with E-state index in [0.717, 1.165) is 16.1 Å². The van der Waals surface area contributed by atoms with Gasteiger partial charge in [-0.05, 0) is 17.7 Å². The van der Waals surface area contributed by atoms with Gasteiger partial charge in [0, 0.05) is 11.4 Å². The van der Waals surface area contributed by atoms with Gasteiger partial charge < -0.3 is 14.5 Å². The van der Waals surface area contributed by atoms with Gasteiger partial charge in [-0.15, -0.1) is 11.8 Å². The smallest absolute Gasteiger partial charge is 0.325 e. The number of para-hydroxylation sites is 1. The Morgan fingerprint density at radius 2 is 1.81 bits per heavy atom. The topological polar surface area (TPSA) is 66.9 Å². The molecule has 0 bridgehead atoms. The number of rotatable bonds is 6. The Labute approximate surface area is 162 Å². The summed E-state index contributed by atoms with van der Waals surface area (Å²) in [5.74, 6) is -0.635. The van der Waals surface area contributed by atoms with Gasteiger partial charge in [0.1, 0.15) is 13.1 Å². The Hall–Kier alpha value is -2.80. The van der Waals surface area contributed by atoms with Gasteiger partial charge in [0.25, 0.3) is 0 Å². The number of hydrogen-bond acceptors (Lipinski definition) is 5. The van der Waals surface area contributed by atoms with Crippen LogP contribution in [0.25, 0.3) is 0 Å². The van der Waals surface area contributed by atoms with Gasteiger partial charge in [0.05, 0.1) is 18.6 Å². The minimum absolute atomic E-state index is 0.111. The highest BCUT2D eigenvalue weighted by Crippen LogP contribution is 2.34. The van der Waals surface area contributed by atoms with Crippen molar-refractivity contribution in [2.45, 2.75) is 11.4 Å². The molecule has 7 heteroatoms. The number of amides is 2. The van der Waals surface area contributed by atoms with E-state index >= 15 is 0 Å². The molecule has 0 unspecified atom stereocenters. The van der Waals surface area contributed by atoms with E-state index in [9.17, 15) is 14.4 Å². The summed E-state index contributed by atoms with van der Waals surface area (Å²) in [5.41, 5.74) is 1.63. The summed E-state index contributed by atoms with van der Waals surface area (Å²) in [6.07, 6.45) is 0. The predicted octanol–water partition coefficient (Wildman–Crippen LogP) is 2.33. The Morgan fingerprint density at radius 3 is 2.56 bits per heavy atom. The molecule has 27 heavy (non-hydrogen) atoms. The van der Waals surface area contributed by atoms with Gasteiger partial charge in [0.15, 0.2) is 0 Å². The van der Waals surface area contributed by atoms with Crippen LogP contribution in [0.2, 0.25) is 0 Å². The van der Waals surface area contributed by atoms with Gasteiger partial charge in [-0.25, -0.2) is 0 Å². The molecule has 1 aliphatic heterocycles. The largest absolute Gasteiger partial charge is 0.468 e. The van der Waals surface area contributed by atoms with E-state index in [4.69, 9.17) is 4.74 Å². The molecule has 0 aromatic heterocycles. The van der Waals surface area contributed by atoms with Crippen molar-refractivity contribution < 1.29 is 19.1 Å². The molecule has 1 heterocycles. The van der Waals surface area contributed by atoms with E-state index in [1.165, 1.54) is 28.7 Å². The zero-order valence-corrected chi connectivity index (χ0v) is 15.8. The van der Waals surface area contributed by atoms with Crippen LogP contribution in [0, 0.1) is 0 Å². The average Bonchev–Trinajstić information content (AvgIpc) is 2.70. The molecule has 2 aromatic rings. The number of thioether (sulfide) groups is 1. The van der Waals surface area contributed by atoms with Gasteiger partial charge >= 0.3 is 5.97 Å². The van der Waals surface area contributed by atoms with Crippen LogP contribution in [0.15, 0.2) is 59.5 Å². The number of nitrogens with zero attached hydrogens (tertiary/aromatic N) is 2. The average molecular weight is 384 g/mol. The number of carbonyl (C=O) groups excluding carboxylic acids is 3. The molecule has 0 radical (unpaired) electrons. The molecule has 2 amide bonds. The normalized spacial score (nSPS) is 13.1. The van der Waals surface area contributed by atoms with Crippen molar-refractivity contribution in [3.05, 3.63) is 60.2 Å². The summed E-state index contributed by atoms with van der Waals surface area (Å²) in [4.78, 5) is 41.0. The number of ether oxygens (including phenoxy) is 1. The van der Waals surface area contributed by atoms with Crippen LogP contribution in [-0.4, -0.2) is 48.6 Å². The Morgan fingerprint density at radius 1 is 1.11 bits per heavy atom. The molecule has 3 rings (SSSR count). The van der Waals surface area contributed by atoms with Crippen molar-refractivity contribution in [2.24, 2.45) is 0 Å². The first kappa shape index (κ1) is 19.0. The summed E-state index contributed by atoms with van der Waals surface area (Å²) in [7, 11) is 1.29. The quantitative estimate of drug-likeness (QED) is 0.715. The van der Waals surface area contributed by atoms with Crippen molar-refractivity contribution >= 4 is 35.2 Å². The third-order valence-electron chi connectivity index (χ3n) is 4.22. The van der Waals surface area contributed by atoms with Gasteiger partial charge in [-0.2, -0.15) is 0 Å². The Kier molecular flexibility index (Phi) is 6.13. The lowest BCUT2D eigenvalue weighted by molar-refractivity contribution is -0.147. The minimum atomic E-state index is -0.500. The van der Waals surface area contributed by atoms with E-state index in [2.05, 4.69) is 0 Å². The van der Waals surface area contributed by atoms with Crippen molar-refractivity contribution in [3.8, 4) is 0 Å². The highest BCUT2D eigenvalue weighted by Gasteiger charge is 2.28. The Balaban J connectivity index is 1.79. The van der Waals surface area contributed by atoms with E-state index in [1.807, 2.05) is 54.6 Å². The van der Waals surface area contributed by atoms with Crippen LogP contribution in [-0.2, 0) is 25.7 Å². The number of carbonyl (C=O) groups is 3. The maximum atomic E-state index is 12.9. The molecule has 6 nitrogen and oxygen atoms in total. The second-order valence-corrected chi connectivity index (χ2v) is 7.06. The second kappa shape index (κ2) is 8.73. The van der Waals surface area contributed by atoms with Crippen LogP contribution in [0.1, 0.15) is 5.56 Å². The third kappa shape index (κ3) is 4.68. The lowest BCUT2D eigenvalue weighted by Gasteiger charge is -2.30. The molecule has 140 valence electrons. The first-order valence-electron chi connectivity index (χ1n) is 8.49. The number of methoxy groups -OCH3 is 1. The number of hydrogen-bond donors (Lipinski definition) is 0. The molecule has 0 fully saturated rings. The van der Waals surface area contributed by atoms with Crippen LogP contribution in [0.4, 0.5) is 5.69 Å². The van der Waals surface area contributed by atoms with E-state index < -0.39 is 5.97 Å². The summed E-state index contributed by atoms with van der Waals surface area (Å²) in [6, 6.07) is 16.9. The molecule has 0 spiro atoms. The van der Waals surface area contributed by atoms with Gasteiger partial charge in [0.2, 0.25) is 11.8 Å². The van der Waals surface area contributed by atoms with Crippen LogP contribution < -0.4 is 4.90 Å². The lowest BCUT2D eigenvalue weighted by Crippen LogP contribution is -2.46. The van der Waals surface area contributed by atoms with Crippen molar-refractivity contribution in [1.82, 2.24) is 4.90 Å². The standard InChI is InChI=1S/C20H20N2O4S/c1-26-20(25)13-21(11-15-7-3-2-4-8-15)18(23)12-22-16-9-5-6-10-17(16)27-14-19(22)24/h2-10H,11-14H2,1H3. The van der Waals surface area contributed by atoms with E-state index in [1.54, 1.807) is 0 Å². The van der Waals surface area contributed by atoms with Crippen LogP contribution in [0.5, 0.6) is 0 Å². The predicted molar refractivity (Wildman–Crippen MR) is 103 cm³/mol. The van der Waals surface area contributed by atoms with Gasteiger partial charge in [-0.3, -0.25) is 14.4 Å². The highest BCUT2D eigenvalue weighted by atomic mass is 32.2. The molecule has 0 N–H and O–H groups in total. The van der Waals surface area contributed by atoms with Crippen molar-refractivity contribution in [3.63, 3.8) is 0 Å². The van der Waals surface area contributed by atoms with Gasteiger partial charge in [-0.1, -0.05) is 42.5 Å². The van der Waals surface area contributed by atoms with Crippen LogP contribution >= 0.6 is 11.8 Å². The fraction of sp³-hybridized carbons (Fsp3) is 0.250. The summed E-state index contributed by atoms with van der Waals surface area (Å²) in [6.45, 7) is -0.00388. The van der Waals surface area contributed by atoms with E-state index in [0.29, 0.717) is 5.75 Å². The first-order chi connectivity index (χ1) is 13.1. The molecular formula is C20H20N2O4S. The zero-order valence-electron chi connectivity index (χ0n) is 15.0. The molecular weight excluding hydrogens is 364 g/mol. The molecule has 2 aromatic carbocycles.